The van der Waals surface area contributed by atoms with Gasteiger partial charge in [-0.25, -0.2) is 0 Å². The second-order valence-corrected chi connectivity index (χ2v) is 2.86. The van der Waals surface area contributed by atoms with Gasteiger partial charge in [-0.15, -0.1) is 0 Å². The molecule has 0 aliphatic carbocycles. The van der Waals surface area contributed by atoms with Crippen molar-refractivity contribution in [2.75, 3.05) is 0 Å². The van der Waals surface area contributed by atoms with Crippen LogP contribution in [0.15, 0.2) is 18.2 Å². The fourth-order valence-corrected chi connectivity index (χ4v) is 1.01. The first-order chi connectivity index (χ1) is 5.35. The second kappa shape index (κ2) is 7.59. The lowest BCUT2D eigenvalue weighted by atomic mass is 10.0. The zero-order chi connectivity index (χ0) is 8.53. The van der Waals surface area contributed by atoms with Crippen LogP contribution in [-0.2, 0) is 0 Å². The Morgan fingerprint density at radius 2 is 2.09 bits per heavy atom. The van der Waals surface area contributed by atoms with Crippen molar-refractivity contribution < 1.29 is 0 Å². The molecule has 0 aromatic heterocycles. The molecule has 0 nitrogen and oxygen atoms in total. The van der Waals surface area contributed by atoms with E-state index in [-0.39, 0.29) is 0 Å². The minimum absolute atomic E-state index is 0.659. The summed E-state index contributed by atoms with van der Waals surface area (Å²) >= 11 is 0. The molecule has 0 bridgehead atoms. The van der Waals surface area contributed by atoms with Crippen molar-refractivity contribution in [1.82, 2.24) is 0 Å². The predicted octanol–water partition coefficient (Wildman–Crippen LogP) is 3.75. The first kappa shape index (κ1) is 10.5. The molecule has 1 unspecified atom stereocenters. The number of unbranched alkanes of at least 4 members (excludes halogenated alkanes) is 1. The van der Waals surface area contributed by atoms with Gasteiger partial charge >= 0.3 is 0 Å². The van der Waals surface area contributed by atoms with E-state index in [1.165, 1.54) is 19.3 Å². The van der Waals surface area contributed by atoms with Crippen molar-refractivity contribution in [1.29, 1.82) is 0 Å². The smallest absolute Gasteiger partial charge is 0.0201 e. The van der Waals surface area contributed by atoms with Crippen LogP contribution in [0.5, 0.6) is 0 Å². The van der Waals surface area contributed by atoms with Crippen LogP contribution in [0.25, 0.3) is 0 Å². The number of hydrogen-bond donors (Lipinski definition) is 0. The molecule has 0 aromatic rings. The van der Waals surface area contributed by atoms with E-state index < -0.39 is 0 Å². The molecule has 11 heavy (non-hydrogen) atoms. The molecule has 0 saturated heterocycles. The molecule has 0 rings (SSSR count). The van der Waals surface area contributed by atoms with E-state index >= 15 is 0 Å². The Morgan fingerprint density at radius 1 is 1.36 bits per heavy atom. The maximum atomic E-state index is 5.35. The number of allylic oxidation sites excluding steroid dienone is 3. The second-order valence-electron chi connectivity index (χ2n) is 2.86. The average Bonchev–Trinajstić information content (AvgIpc) is 2.03. The van der Waals surface area contributed by atoms with Gasteiger partial charge in [0.2, 0.25) is 0 Å². The minimum atomic E-state index is 0.659. The van der Waals surface area contributed by atoms with Crippen LogP contribution in [-0.4, -0.2) is 0 Å². The highest BCUT2D eigenvalue weighted by Crippen LogP contribution is 2.10. The van der Waals surface area contributed by atoms with Gasteiger partial charge in [0.1, 0.15) is 0 Å². The molecule has 1 radical (unpaired) electrons. The first-order valence-corrected chi connectivity index (χ1v) is 4.55. The molecule has 0 N–H and O–H groups in total. The van der Waals surface area contributed by atoms with Crippen LogP contribution >= 0.6 is 0 Å². The Morgan fingerprint density at radius 3 is 2.55 bits per heavy atom. The monoisotopic (exact) mass is 151 g/mol. The standard InChI is InChI=1S/C11H19/c1-4-7-8-10-11(6-3)9-5-2/h2,5,8,10-11H,4,6-7,9H2,1,3H3. The van der Waals surface area contributed by atoms with Gasteiger partial charge < -0.3 is 0 Å². The number of hydrogen-bond acceptors (Lipinski definition) is 0. The SMILES string of the molecule is [CH]=CCC(C=CCCC)CC. The fourth-order valence-electron chi connectivity index (χ4n) is 1.01. The largest absolute Gasteiger partial charge is 0.0883 e. The third-order valence-corrected chi connectivity index (χ3v) is 1.83. The van der Waals surface area contributed by atoms with Crippen LogP contribution in [0, 0.1) is 12.5 Å². The lowest BCUT2D eigenvalue weighted by Gasteiger charge is -2.04. The molecule has 0 aliphatic heterocycles. The molecule has 0 heteroatoms. The van der Waals surface area contributed by atoms with E-state index in [1.807, 2.05) is 0 Å². The summed E-state index contributed by atoms with van der Waals surface area (Å²) in [6.07, 6.45) is 10.9. The summed E-state index contributed by atoms with van der Waals surface area (Å²) in [5, 5.41) is 0. The third kappa shape index (κ3) is 5.90. The molecule has 0 saturated carbocycles. The van der Waals surface area contributed by atoms with E-state index in [0.717, 1.165) is 6.42 Å². The quantitative estimate of drug-likeness (QED) is 0.507. The fraction of sp³-hybridized carbons (Fsp3) is 0.636. The Bertz CT molecular complexity index is 111. The van der Waals surface area contributed by atoms with Gasteiger partial charge in [-0.2, -0.15) is 0 Å². The van der Waals surface area contributed by atoms with Gasteiger partial charge in [0.05, 0.1) is 0 Å². The number of rotatable bonds is 6. The maximum Gasteiger partial charge on any atom is -0.0201 e. The van der Waals surface area contributed by atoms with E-state index in [2.05, 4.69) is 26.0 Å². The van der Waals surface area contributed by atoms with Crippen LogP contribution < -0.4 is 0 Å². The topological polar surface area (TPSA) is 0 Å². The highest BCUT2D eigenvalue weighted by atomic mass is 14.0. The molecular formula is C11H19. The van der Waals surface area contributed by atoms with Crippen LogP contribution in [0.3, 0.4) is 0 Å². The molecular weight excluding hydrogens is 132 g/mol. The molecule has 63 valence electrons. The van der Waals surface area contributed by atoms with Crippen molar-refractivity contribution in [3.8, 4) is 0 Å². The summed E-state index contributed by atoms with van der Waals surface area (Å²) < 4.78 is 0. The summed E-state index contributed by atoms with van der Waals surface area (Å²) in [7, 11) is 0. The Hall–Kier alpha value is -0.520. The zero-order valence-corrected chi connectivity index (χ0v) is 7.72. The molecule has 0 amide bonds. The van der Waals surface area contributed by atoms with Crippen molar-refractivity contribution in [2.45, 2.75) is 39.5 Å². The van der Waals surface area contributed by atoms with Crippen molar-refractivity contribution in [2.24, 2.45) is 5.92 Å². The van der Waals surface area contributed by atoms with Crippen molar-refractivity contribution >= 4 is 0 Å². The average molecular weight is 151 g/mol. The zero-order valence-electron chi connectivity index (χ0n) is 7.72. The summed E-state index contributed by atoms with van der Waals surface area (Å²) in [6, 6.07) is 0. The first-order valence-electron chi connectivity index (χ1n) is 4.55. The van der Waals surface area contributed by atoms with Crippen molar-refractivity contribution in [3.63, 3.8) is 0 Å². The lowest BCUT2D eigenvalue weighted by Crippen LogP contribution is -1.90. The van der Waals surface area contributed by atoms with Gasteiger partial charge in [-0.1, -0.05) is 45.1 Å². The molecule has 0 aromatic carbocycles. The maximum absolute atomic E-state index is 5.35. The molecule has 1 atom stereocenters. The molecule has 0 fully saturated rings. The summed E-state index contributed by atoms with van der Waals surface area (Å²) in [4.78, 5) is 0. The van der Waals surface area contributed by atoms with Crippen LogP contribution in [0.4, 0.5) is 0 Å². The van der Waals surface area contributed by atoms with Crippen LogP contribution in [0.1, 0.15) is 39.5 Å². The lowest BCUT2D eigenvalue weighted by molar-refractivity contribution is 0.635. The van der Waals surface area contributed by atoms with Crippen molar-refractivity contribution in [3.05, 3.63) is 24.8 Å². The molecule has 0 aliphatic rings. The summed E-state index contributed by atoms with van der Waals surface area (Å²) in [5.41, 5.74) is 0. The summed E-state index contributed by atoms with van der Waals surface area (Å²) in [5.74, 6) is 0.659. The third-order valence-electron chi connectivity index (χ3n) is 1.83. The van der Waals surface area contributed by atoms with E-state index in [9.17, 15) is 0 Å². The summed E-state index contributed by atoms with van der Waals surface area (Å²) in [6.45, 7) is 9.74. The highest BCUT2D eigenvalue weighted by Gasteiger charge is 1.96. The van der Waals surface area contributed by atoms with Gasteiger partial charge in [0.15, 0.2) is 0 Å². The van der Waals surface area contributed by atoms with E-state index in [1.54, 1.807) is 6.08 Å². The van der Waals surface area contributed by atoms with E-state index in [4.69, 9.17) is 6.58 Å². The van der Waals surface area contributed by atoms with Gasteiger partial charge in [0.25, 0.3) is 0 Å². The highest BCUT2D eigenvalue weighted by molar-refractivity contribution is 4.90. The predicted molar refractivity (Wildman–Crippen MR) is 51.3 cm³/mol. The molecule has 0 heterocycles. The van der Waals surface area contributed by atoms with Gasteiger partial charge in [-0.3, -0.25) is 0 Å². The molecule has 0 spiro atoms. The minimum Gasteiger partial charge on any atom is -0.0883 e. The Kier molecular flexibility index (Phi) is 7.23. The van der Waals surface area contributed by atoms with Gasteiger partial charge in [-0.05, 0) is 25.2 Å². The van der Waals surface area contributed by atoms with E-state index in [0.29, 0.717) is 5.92 Å². The normalized spacial score (nSPS) is 13.6. The Labute approximate surface area is 71.0 Å². The van der Waals surface area contributed by atoms with Gasteiger partial charge in [0, 0.05) is 0 Å². The van der Waals surface area contributed by atoms with Crippen LogP contribution in [0.2, 0.25) is 0 Å². The Balaban J connectivity index is 3.57.